The van der Waals surface area contributed by atoms with E-state index in [1.165, 1.54) is 12.8 Å². The zero-order chi connectivity index (χ0) is 10.1. The number of aryl methyl sites for hydroxylation is 1. The summed E-state index contributed by atoms with van der Waals surface area (Å²) in [5, 5.41) is 0.650. The molecule has 1 aromatic carbocycles. The standard InChI is InChI=1S/C11H14ClNO/c1-7-4-9(12)11(5-10(7)13)14-6-8-2-3-8/h4-5,8H,2-3,6,13H2,1H3. The Morgan fingerprint density at radius 3 is 2.86 bits per heavy atom. The number of halogens is 1. The van der Waals surface area contributed by atoms with Gasteiger partial charge in [-0.15, -0.1) is 0 Å². The highest BCUT2D eigenvalue weighted by Gasteiger charge is 2.22. The summed E-state index contributed by atoms with van der Waals surface area (Å²) in [6, 6.07) is 3.65. The van der Waals surface area contributed by atoms with Gasteiger partial charge in [-0.25, -0.2) is 0 Å². The van der Waals surface area contributed by atoms with Crippen LogP contribution in [0.1, 0.15) is 18.4 Å². The number of rotatable bonds is 3. The molecule has 0 spiro atoms. The van der Waals surface area contributed by atoms with Crippen LogP contribution in [0.3, 0.4) is 0 Å². The minimum absolute atomic E-state index is 0.650. The molecule has 1 aliphatic carbocycles. The summed E-state index contributed by atoms with van der Waals surface area (Å²) in [6.07, 6.45) is 2.55. The van der Waals surface area contributed by atoms with E-state index in [4.69, 9.17) is 22.1 Å². The first-order valence-electron chi connectivity index (χ1n) is 4.85. The fraction of sp³-hybridized carbons (Fsp3) is 0.455. The number of nitrogen functional groups attached to an aromatic ring is 1. The van der Waals surface area contributed by atoms with Gasteiger partial charge in [-0.2, -0.15) is 0 Å². The maximum atomic E-state index is 6.02. The van der Waals surface area contributed by atoms with Gasteiger partial charge in [0.15, 0.2) is 0 Å². The highest BCUT2D eigenvalue weighted by Crippen LogP contribution is 2.33. The van der Waals surface area contributed by atoms with E-state index in [0.717, 1.165) is 23.8 Å². The topological polar surface area (TPSA) is 35.2 Å². The fourth-order valence-electron chi connectivity index (χ4n) is 1.27. The predicted octanol–water partition coefficient (Wildman–Crippen LogP) is 3.02. The molecule has 0 radical (unpaired) electrons. The van der Waals surface area contributed by atoms with E-state index in [-0.39, 0.29) is 0 Å². The molecule has 2 nitrogen and oxygen atoms in total. The van der Waals surface area contributed by atoms with Gasteiger partial charge in [0, 0.05) is 11.8 Å². The third-order valence-corrected chi connectivity index (χ3v) is 2.79. The van der Waals surface area contributed by atoms with Crippen LogP contribution in [0.15, 0.2) is 12.1 Å². The van der Waals surface area contributed by atoms with E-state index in [1.54, 1.807) is 6.07 Å². The first kappa shape index (κ1) is 9.66. The Bertz CT molecular complexity index is 347. The van der Waals surface area contributed by atoms with Gasteiger partial charge in [-0.1, -0.05) is 11.6 Å². The Morgan fingerprint density at radius 1 is 1.50 bits per heavy atom. The number of benzene rings is 1. The van der Waals surface area contributed by atoms with Crippen LogP contribution >= 0.6 is 11.6 Å². The molecule has 3 heteroatoms. The second kappa shape index (κ2) is 3.70. The van der Waals surface area contributed by atoms with Crippen molar-refractivity contribution in [3.8, 4) is 5.75 Å². The van der Waals surface area contributed by atoms with E-state index in [0.29, 0.717) is 10.8 Å². The largest absolute Gasteiger partial charge is 0.492 e. The van der Waals surface area contributed by atoms with Crippen molar-refractivity contribution >= 4 is 17.3 Å². The van der Waals surface area contributed by atoms with Gasteiger partial charge in [0.2, 0.25) is 0 Å². The monoisotopic (exact) mass is 211 g/mol. The first-order chi connectivity index (χ1) is 6.66. The third-order valence-electron chi connectivity index (χ3n) is 2.49. The Morgan fingerprint density at radius 2 is 2.21 bits per heavy atom. The van der Waals surface area contributed by atoms with Crippen molar-refractivity contribution in [3.63, 3.8) is 0 Å². The molecule has 0 saturated heterocycles. The van der Waals surface area contributed by atoms with Crippen molar-refractivity contribution in [2.24, 2.45) is 5.92 Å². The summed E-state index contributed by atoms with van der Waals surface area (Å²) < 4.78 is 5.58. The summed E-state index contributed by atoms with van der Waals surface area (Å²) in [6.45, 7) is 2.70. The van der Waals surface area contributed by atoms with Crippen molar-refractivity contribution in [1.29, 1.82) is 0 Å². The van der Waals surface area contributed by atoms with Crippen molar-refractivity contribution in [2.75, 3.05) is 12.3 Å². The van der Waals surface area contributed by atoms with E-state index in [2.05, 4.69) is 0 Å². The molecule has 1 aromatic rings. The van der Waals surface area contributed by atoms with Gasteiger partial charge in [0.1, 0.15) is 5.75 Å². The van der Waals surface area contributed by atoms with Crippen LogP contribution in [-0.4, -0.2) is 6.61 Å². The van der Waals surface area contributed by atoms with Crippen molar-refractivity contribution in [1.82, 2.24) is 0 Å². The van der Waals surface area contributed by atoms with Crippen LogP contribution in [0, 0.1) is 12.8 Å². The highest BCUT2D eigenvalue weighted by molar-refractivity contribution is 6.32. The average Bonchev–Trinajstić information content (AvgIpc) is 2.92. The summed E-state index contributed by atoms with van der Waals surface area (Å²) in [4.78, 5) is 0. The lowest BCUT2D eigenvalue weighted by atomic mass is 10.2. The van der Waals surface area contributed by atoms with Crippen LogP contribution < -0.4 is 10.5 Å². The Labute approximate surface area is 89.0 Å². The summed E-state index contributed by atoms with van der Waals surface area (Å²) in [5.74, 6) is 1.44. The molecule has 0 atom stereocenters. The lowest BCUT2D eigenvalue weighted by Gasteiger charge is -2.09. The number of ether oxygens (including phenoxy) is 1. The molecule has 14 heavy (non-hydrogen) atoms. The molecule has 0 unspecified atom stereocenters. The van der Waals surface area contributed by atoms with Crippen LogP contribution in [-0.2, 0) is 0 Å². The quantitative estimate of drug-likeness (QED) is 0.781. The van der Waals surface area contributed by atoms with Crippen molar-refractivity contribution in [2.45, 2.75) is 19.8 Å². The molecular formula is C11H14ClNO. The van der Waals surface area contributed by atoms with Crippen molar-refractivity contribution < 1.29 is 4.74 Å². The average molecular weight is 212 g/mol. The van der Waals surface area contributed by atoms with E-state index >= 15 is 0 Å². The number of nitrogens with two attached hydrogens (primary N) is 1. The van der Waals surface area contributed by atoms with Gasteiger partial charge in [0.05, 0.1) is 11.6 Å². The number of anilines is 1. The minimum atomic E-state index is 0.650. The van der Waals surface area contributed by atoms with Gasteiger partial charge < -0.3 is 10.5 Å². The fourth-order valence-corrected chi connectivity index (χ4v) is 1.54. The zero-order valence-electron chi connectivity index (χ0n) is 8.22. The molecule has 1 aliphatic rings. The molecule has 0 aromatic heterocycles. The maximum Gasteiger partial charge on any atom is 0.139 e. The third kappa shape index (κ3) is 2.13. The van der Waals surface area contributed by atoms with E-state index < -0.39 is 0 Å². The predicted molar refractivity (Wildman–Crippen MR) is 58.8 cm³/mol. The van der Waals surface area contributed by atoms with Gasteiger partial charge >= 0.3 is 0 Å². The molecule has 0 aliphatic heterocycles. The van der Waals surface area contributed by atoms with Gasteiger partial charge in [0.25, 0.3) is 0 Å². The Hall–Kier alpha value is -0.890. The second-order valence-corrected chi connectivity index (χ2v) is 4.30. The minimum Gasteiger partial charge on any atom is -0.492 e. The highest BCUT2D eigenvalue weighted by atomic mass is 35.5. The first-order valence-corrected chi connectivity index (χ1v) is 5.23. The SMILES string of the molecule is Cc1cc(Cl)c(OCC2CC2)cc1N. The van der Waals surface area contributed by atoms with Crippen LogP contribution in [0.2, 0.25) is 5.02 Å². The number of hydrogen-bond donors (Lipinski definition) is 1. The zero-order valence-corrected chi connectivity index (χ0v) is 8.97. The molecule has 2 N–H and O–H groups in total. The smallest absolute Gasteiger partial charge is 0.139 e. The molecule has 0 amide bonds. The maximum absolute atomic E-state index is 6.02. The van der Waals surface area contributed by atoms with Crippen molar-refractivity contribution in [3.05, 3.63) is 22.7 Å². The second-order valence-electron chi connectivity index (χ2n) is 3.89. The molecule has 0 bridgehead atoms. The van der Waals surface area contributed by atoms with E-state index in [1.807, 2.05) is 13.0 Å². The summed E-state index contributed by atoms with van der Waals surface area (Å²) in [5.41, 5.74) is 7.50. The van der Waals surface area contributed by atoms with Gasteiger partial charge in [-0.3, -0.25) is 0 Å². The number of hydrogen-bond acceptors (Lipinski definition) is 2. The van der Waals surface area contributed by atoms with Crippen LogP contribution in [0.4, 0.5) is 5.69 Å². The molecule has 0 heterocycles. The summed E-state index contributed by atoms with van der Waals surface area (Å²) in [7, 11) is 0. The van der Waals surface area contributed by atoms with Gasteiger partial charge in [-0.05, 0) is 37.3 Å². The van der Waals surface area contributed by atoms with Crippen LogP contribution in [0.5, 0.6) is 5.75 Å². The Kier molecular flexibility index (Phi) is 2.55. The molecule has 1 fully saturated rings. The summed E-state index contributed by atoms with van der Waals surface area (Å²) >= 11 is 6.02. The molecule has 1 saturated carbocycles. The van der Waals surface area contributed by atoms with Crippen LogP contribution in [0.25, 0.3) is 0 Å². The Balaban J connectivity index is 2.10. The molecular weight excluding hydrogens is 198 g/mol. The lowest BCUT2D eigenvalue weighted by Crippen LogP contribution is -2.00. The van der Waals surface area contributed by atoms with E-state index in [9.17, 15) is 0 Å². The molecule has 76 valence electrons. The normalized spacial score (nSPS) is 15.6. The molecule has 2 rings (SSSR count). The lowest BCUT2D eigenvalue weighted by molar-refractivity contribution is 0.300.